The Hall–Kier alpha value is -7.87. The van der Waals surface area contributed by atoms with Gasteiger partial charge in [-0.3, -0.25) is 62.3 Å². The number of amides is 12. The van der Waals surface area contributed by atoms with E-state index >= 15 is 0 Å². The van der Waals surface area contributed by atoms with Gasteiger partial charge in [-0.15, -0.1) is 0 Å². The summed E-state index contributed by atoms with van der Waals surface area (Å²) in [5.74, 6) is -14.0. The Labute approximate surface area is 389 Å². The third-order valence-electron chi connectivity index (χ3n) is 10.4. The van der Waals surface area contributed by atoms with Gasteiger partial charge in [0.2, 0.25) is 70.9 Å². The van der Waals surface area contributed by atoms with Gasteiger partial charge >= 0.3 is 5.97 Å². The molecule has 1 aromatic rings. The number of likely N-dealkylation sites (N-methyl/N-ethyl adjacent to an activating group) is 1. The van der Waals surface area contributed by atoms with Crippen molar-refractivity contribution < 1.29 is 72.5 Å². The number of carbonyl (C=O) groups is 13. The first kappa shape index (κ1) is 56.3. The topological polar surface area (TPSA) is 440 Å². The van der Waals surface area contributed by atoms with Crippen molar-refractivity contribution in [1.82, 2.24) is 47.4 Å². The average molecular weight is 961 g/mol. The van der Waals surface area contributed by atoms with Gasteiger partial charge in [-0.25, -0.2) is 0 Å². The zero-order valence-corrected chi connectivity index (χ0v) is 37.7. The predicted octanol–water partition coefficient (Wildman–Crippen LogP) is -6.13. The SMILES string of the molecule is CCC(C)C1NC(=O)C(Cc2ccc(O)cc2)NC(=O)CNC(=O)CCC(C(=O)N(C)CC(=O)NC(CCC(=O)O)C(=O)NCC(N)=O)NC(=O)C(CC(N)=O)NC(=O)C(CCC(N)=O)NC1=O. The molecule has 1 heterocycles. The Balaban J connectivity index is 2.59. The van der Waals surface area contributed by atoms with Crippen LogP contribution in [0.5, 0.6) is 5.75 Å². The van der Waals surface area contributed by atoms with Gasteiger partial charge in [0.15, 0.2) is 0 Å². The first-order valence-corrected chi connectivity index (χ1v) is 21.3. The molecule has 0 saturated carbocycles. The van der Waals surface area contributed by atoms with Gasteiger partial charge in [-0.2, -0.15) is 0 Å². The van der Waals surface area contributed by atoms with Crippen molar-refractivity contribution >= 4 is 76.9 Å². The quantitative estimate of drug-likeness (QED) is 0.0614. The molecule has 0 spiro atoms. The zero-order chi connectivity index (χ0) is 51.2. The molecule has 7 atom stereocenters. The molecular formula is C41H60N12O15. The number of phenols is 1. The fourth-order valence-electron chi connectivity index (χ4n) is 6.48. The monoisotopic (exact) mass is 960 g/mol. The molecule has 1 aliphatic rings. The number of nitrogens with zero attached hydrogens (tertiary/aromatic N) is 1. The lowest BCUT2D eigenvalue weighted by molar-refractivity contribution is -0.140. The van der Waals surface area contributed by atoms with E-state index in [1.165, 1.54) is 24.3 Å². The highest BCUT2D eigenvalue weighted by molar-refractivity contribution is 5.99. The minimum absolute atomic E-state index is 0.0880. The maximum atomic E-state index is 14.0. The van der Waals surface area contributed by atoms with Crippen LogP contribution in [0.2, 0.25) is 0 Å². The summed E-state index contributed by atoms with van der Waals surface area (Å²) in [6.45, 7) is 1.09. The smallest absolute Gasteiger partial charge is 0.303 e. The molecule has 0 bridgehead atoms. The van der Waals surface area contributed by atoms with Crippen molar-refractivity contribution in [3.05, 3.63) is 29.8 Å². The van der Waals surface area contributed by atoms with E-state index < -0.39 is 184 Å². The summed E-state index contributed by atoms with van der Waals surface area (Å²) in [5.41, 5.74) is 16.3. The number of aromatic hydroxyl groups is 1. The van der Waals surface area contributed by atoms with Crippen LogP contribution in [0.1, 0.15) is 70.8 Å². The van der Waals surface area contributed by atoms with E-state index in [9.17, 15) is 67.4 Å². The number of aliphatic carboxylic acids is 1. The summed E-state index contributed by atoms with van der Waals surface area (Å²) in [6, 6.07) is -3.91. The summed E-state index contributed by atoms with van der Waals surface area (Å²) in [6.07, 6.45) is -3.91. The van der Waals surface area contributed by atoms with Crippen molar-refractivity contribution in [2.45, 2.75) is 108 Å². The Kier molecular flexibility index (Phi) is 22.8. The lowest BCUT2D eigenvalue weighted by Crippen LogP contribution is -2.61. The van der Waals surface area contributed by atoms with Crippen LogP contribution in [0.4, 0.5) is 0 Å². The number of phenolic OH excluding ortho intramolecular Hbond substituents is 1. The van der Waals surface area contributed by atoms with Gasteiger partial charge in [0.1, 0.15) is 42.0 Å². The van der Waals surface area contributed by atoms with Crippen molar-refractivity contribution in [3.8, 4) is 5.75 Å². The summed E-state index contributed by atoms with van der Waals surface area (Å²) in [5, 5.41) is 37.8. The standard InChI is InChI=1S/C41H60N12O15/c1-4-20(2)35-40(67)49-24(9-12-28(42)55)37(64)51-27(16-29(43)56)38(65)50-25(41(68)53(3)19-33(60)47-23(11-14-34(61)62)36(63)46-17-30(44)57)10-13-31(58)45-18-32(59)48-26(39(66)52-35)15-21-5-7-22(54)8-6-21/h5-8,20,23-27,35,54H,4,9-19H2,1-3H3,(H2,42,55)(H2,43,56)(H2,44,57)(H,45,58)(H,46,63)(H,47,60)(H,48,59)(H,49,67)(H,50,65)(H,51,64)(H,52,66)(H,61,62). The number of carbonyl (C=O) groups excluding carboxylic acids is 12. The highest BCUT2D eigenvalue weighted by Crippen LogP contribution is 2.14. The number of nitrogens with one attached hydrogen (secondary N) is 8. The van der Waals surface area contributed by atoms with Gasteiger partial charge in [0.05, 0.1) is 26.1 Å². The first-order chi connectivity index (χ1) is 31.9. The molecule has 1 aromatic carbocycles. The van der Waals surface area contributed by atoms with E-state index in [0.717, 1.165) is 11.9 Å². The number of carboxylic acid groups (broad SMARTS) is 1. The lowest BCUT2D eigenvalue weighted by Gasteiger charge is -2.29. The molecule has 374 valence electrons. The van der Waals surface area contributed by atoms with Crippen molar-refractivity contribution in [2.24, 2.45) is 23.1 Å². The summed E-state index contributed by atoms with van der Waals surface area (Å²) >= 11 is 0. The Morgan fingerprint density at radius 2 is 1.40 bits per heavy atom. The zero-order valence-electron chi connectivity index (χ0n) is 37.7. The highest BCUT2D eigenvalue weighted by atomic mass is 16.4. The number of rotatable bonds is 19. The van der Waals surface area contributed by atoms with Crippen molar-refractivity contribution in [3.63, 3.8) is 0 Å². The normalized spacial score (nSPS) is 20.8. The number of hydrogen-bond acceptors (Lipinski definition) is 14. The second-order valence-corrected chi connectivity index (χ2v) is 16.0. The van der Waals surface area contributed by atoms with E-state index in [-0.39, 0.29) is 12.2 Å². The van der Waals surface area contributed by atoms with E-state index in [2.05, 4.69) is 42.5 Å². The Morgan fingerprint density at radius 3 is 1.99 bits per heavy atom. The van der Waals surface area contributed by atoms with E-state index in [4.69, 9.17) is 22.3 Å². The molecule has 12 amide bonds. The van der Waals surface area contributed by atoms with Gasteiger partial charge in [0.25, 0.3) is 0 Å². The third-order valence-corrected chi connectivity index (χ3v) is 10.4. The fourth-order valence-corrected chi connectivity index (χ4v) is 6.48. The van der Waals surface area contributed by atoms with Crippen LogP contribution in [-0.4, -0.2) is 155 Å². The molecule has 0 aromatic heterocycles. The number of hydrogen-bond donors (Lipinski definition) is 13. The molecule has 68 heavy (non-hydrogen) atoms. The minimum Gasteiger partial charge on any atom is -0.508 e. The molecule has 16 N–H and O–H groups in total. The highest BCUT2D eigenvalue weighted by Gasteiger charge is 2.36. The maximum Gasteiger partial charge on any atom is 0.303 e. The average Bonchev–Trinajstić information content (AvgIpc) is 3.26. The molecule has 27 nitrogen and oxygen atoms in total. The van der Waals surface area contributed by atoms with Crippen LogP contribution in [0, 0.1) is 5.92 Å². The molecule has 1 aliphatic heterocycles. The first-order valence-electron chi connectivity index (χ1n) is 21.3. The molecule has 0 radical (unpaired) electrons. The van der Waals surface area contributed by atoms with Crippen LogP contribution in [0.15, 0.2) is 24.3 Å². The Bertz CT molecular complexity index is 2070. The maximum absolute atomic E-state index is 14.0. The lowest BCUT2D eigenvalue weighted by atomic mass is 9.96. The summed E-state index contributed by atoms with van der Waals surface area (Å²) in [7, 11) is 1.08. The molecule has 1 fully saturated rings. The van der Waals surface area contributed by atoms with Gasteiger partial charge in [0, 0.05) is 32.7 Å². The molecule has 27 heteroatoms. The van der Waals surface area contributed by atoms with E-state index in [1.54, 1.807) is 13.8 Å². The van der Waals surface area contributed by atoms with E-state index in [1.807, 2.05) is 0 Å². The fraction of sp³-hybridized carbons (Fsp3) is 0.537. The van der Waals surface area contributed by atoms with E-state index in [0.29, 0.717) is 12.0 Å². The van der Waals surface area contributed by atoms with Gasteiger partial charge in [-0.1, -0.05) is 32.4 Å². The van der Waals surface area contributed by atoms with Crippen LogP contribution >= 0.6 is 0 Å². The van der Waals surface area contributed by atoms with Gasteiger partial charge in [-0.05, 0) is 42.9 Å². The van der Waals surface area contributed by atoms with Crippen LogP contribution in [-0.2, 0) is 68.7 Å². The number of benzene rings is 1. The van der Waals surface area contributed by atoms with Crippen molar-refractivity contribution in [1.29, 1.82) is 0 Å². The largest absolute Gasteiger partial charge is 0.508 e. The molecular weight excluding hydrogens is 901 g/mol. The molecule has 0 aliphatic carbocycles. The minimum atomic E-state index is -1.88. The predicted molar refractivity (Wildman–Crippen MR) is 234 cm³/mol. The molecule has 2 rings (SSSR count). The Morgan fingerprint density at radius 1 is 0.779 bits per heavy atom. The number of primary amides is 3. The third kappa shape index (κ3) is 20.1. The number of nitrogens with two attached hydrogens (primary N) is 3. The van der Waals surface area contributed by atoms with Crippen LogP contribution in [0.25, 0.3) is 0 Å². The molecule has 1 saturated heterocycles. The summed E-state index contributed by atoms with van der Waals surface area (Å²) < 4.78 is 0. The van der Waals surface area contributed by atoms with Crippen LogP contribution in [0.3, 0.4) is 0 Å². The van der Waals surface area contributed by atoms with Crippen LogP contribution < -0.4 is 59.7 Å². The second kappa shape index (κ2) is 27.6. The number of carboxylic acids is 1. The van der Waals surface area contributed by atoms with Crippen molar-refractivity contribution in [2.75, 3.05) is 26.7 Å². The molecule has 7 unspecified atom stereocenters. The summed E-state index contributed by atoms with van der Waals surface area (Å²) in [4.78, 5) is 169. The second-order valence-electron chi connectivity index (χ2n) is 16.0. The van der Waals surface area contributed by atoms with Gasteiger partial charge < -0.3 is 74.8 Å².